The molecular formula is C11H13ClO3. The van der Waals surface area contributed by atoms with Crippen molar-refractivity contribution in [2.24, 2.45) is 0 Å². The average Bonchev–Trinajstić information content (AvgIpc) is 2.22. The molecule has 0 saturated carbocycles. The molecule has 0 aliphatic heterocycles. The standard InChI is InChI=1S/C11H13ClO3/c1-3-8-4-9(15-11(14)6-12)5-10(13)7(8)2/h1,9-10,13H,4-6H2,2H3/t9-,10+/m1/s1. The molecule has 0 bridgehead atoms. The number of esters is 1. The second-order valence-electron chi connectivity index (χ2n) is 3.51. The van der Waals surface area contributed by atoms with Gasteiger partial charge in [-0.2, -0.15) is 0 Å². The van der Waals surface area contributed by atoms with Gasteiger partial charge in [-0.25, -0.2) is 0 Å². The Bertz CT molecular complexity index is 327. The van der Waals surface area contributed by atoms with Crippen LogP contribution < -0.4 is 0 Å². The molecule has 1 aliphatic rings. The van der Waals surface area contributed by atoms with Gasteiger partial charge in [-0.1, -0.05) is 5.92 Å². The molecule has 0 saturated heterocycles. The van der Waals surface area contributed by atoms with Gasteiger partial charge in [0.05, 0.1) is 6.10 Å². The minimum atomic E-state index is -0.627. The fourth-order valence-electron chi connectivity index (χ4n) is 1.58. The fraction of sp³-hybridized carbons (Fsp3) is 0.545. The predicted octanol–water partition coefficient (Wildman–Crippen LogP) is 1.24. The SMILES string of the molecule is C#CC1=C(C)[C@@H](O)C[C@H](OC(=O)CCl)C1. The van der Waals surface area contributed by atoms with Gasteiger partial charge in [0.15, 0.2) is 0 Å². The van der Waals surface area contributed by atoms with Crippen LogP contribution in [0.3, 0.4) is 0 Å². The van der Waals surface area contributed by atoms with Crippen molar-refractivity contribution < 1.29 is 14.6 Å². The Morgan fingerprint density at radius 3 is 3.00 bits per heavy atom. The van der Waals surface area contributed by atoms with Crippen LogP contribution in [0, 0.1) is 12.3 Å². The molecule has 82 valence electrons. The number of ether oxygens (including phenoxy) is 1. The normalized spacial score (nSPS) is 26.0. The van der Waals surface area contributed by atoms with Crippen molar-refractivity contribution in [3.05, 3.63) is 11.1 Å². The van der Waals surface area contributed by atoms with Gasteiger partial charge in [0.25, 0.3) is 0 Å². The first-order chi connectivity index (χ1) is 7.08. The van der Waals surface area contributed by atoms with E-state index in [1.807, 2.05) is 0 Å². The molecule has 0 aromatic carbocycles. The lowest BCUT2D eigenvalue weighted by Gasteiger charge is -2.27. The van der Waals surface area contributed by atoms with Crippen LogP contribution in [-0.2, 0) is 9.53 Å². The predicted molar refractivity (Wildman–Crippen MR) is 57.4 cm³/mol. The van der Waals surface area contributed by atoms with E-state index in [-0.39, 0.29) is 12.0 Å². The summed E-state index contributed by atoms with van der Waals surface area (Å²) < 4.78 is 5.03. The highest BCUT2D eigenvalue weighted by atomic mass is 35.5. The summed E-state index contributed by atoms with van der Waals surface area (Å²) in [6.07, 6.45) is 5.19. The van der Waals surface area contributed by atoms with Crippen LogP contribution in [0.2, 0.25) is 0 Å². The Morgan fingerprint density at radius 2 is 2.47 bits per heavy atom. The molecule has 0 radical (unpaired) electrons. The van der Waals surface area contributed by atoms with Crippen LogP contribution in [0.1, 0.15) is 19.8 Å². The zero-order chi connectivity index (χ0) is 11.4. The van der Waals surface area contributed by atoms with E-state index in [9.17, 15) is 9.90 Å². The molecule has 15 heavy (non-hydrogen) atoms. The van der Waals surface area contributed by atoms with E-state index < -0.39 is 12.1 Å². The summed E-state index contributed by atoms with van der Waals surface area (Å²) >= 11 is 5.32. The molecule has 1 N–H and O–H groups in total. The summed E-state index contributed by atoms with van der Waals surface area (Å²) in [7, 11) is 0. The van der Waals surface area contributed by atoms with Crippen molar-refractivity contribution in [3.8, 4) is 12.3 Å². The topological polar surface area (TPSA) is 46.5 Å². The number of aliphatic hydroxyl groups is 1. The van der Waals surface area contributed by atoms with Crippen molar-refractivity contribution in [2.45, 2.75) is 32.0 Å². The van der Waals surface area contributed by atoms with Crippen LogP contribution in [0.25, 0.3) is 0 Å². The highest BCUT2D eigenvalue weighted by molar-refractivity contribution is 6.26. The third-order valence-electron chi connectivity index (χ3n) is 2.48. The summed E-state index contributed by atoms with van der Waals surface area (Å²) in [6.45, 7) is 1.79. The smallest absolute Gasteiger partial charge is 0.321 e. The Morgan fingerprint density at radius 1 is 1.80 bits per heavy atom. The van der Waals surface area contributed by atoms with E-state index in [1.165, 1.54) is 0 Å². The third kappa shape index (κ3) is 2.98. The molecule has 0 amide bonds. The number of carbonyl (C=O) groups excluding carboxylic acids is 1. The number of terminal acetylenes is 1. The molecule has 0 aromatic rings. The second-order valence-corrected chi connectivity index (χ2v) is 3.77. The summed E-state index contributed by atoms with van der Waals surface area (Å²) in [5.41, 5.74) is 1.50. The van der Waals surface area contributed by atoms with Gasteiger partial charge in [-0.05, 0) is 12.5 Å². The number of carbonyl (C=O) groups is 1. The largest absolute Gasteiger partial charge is 0.461 e. The number of halogens is 1. The lowest BCUT2D eigenvalue weighted by molar-refractivity contribution is -0.147. The quantitative estimate of drug-likeness (QED) is 0.440. The van der Waals surface area contributed by atoms with Crippen molar-refractivity contribution in [1.82, 2.24) is 0 Å². The minimum absolute atomic E-state index is 0.180. The maximum atomic E-state index is 11.0. The second kappa shape index (κ2) is 5.20. The van der Waals surface area contributed by atoms with E-state index in [0.29, 0.717) is 18.4 Å². The van der Waals surface area contributed by atoms with Crippen LogP contribution in [0.4, 0.5) is 0 Å². The molecule has 0 heterocycles. The Balaban J connectivity index is 2.69. The average molecular weight is 229 g/mol. The number of hydrogen-bond acceptors (Lipinski definition) is 3. The van der Waals surface area contributed by atoms with Gasteiger partial charge in [0, 0.05) is 18.4 Å². The van der Waals surface area contributed by atoms with Gasteiger partial charge >= 0.3 is 5.97 Å². The van der Waals surface area contributed by atoms with E-state index >= 15 is 0 Å². The molecule has 0 fully saturated rings. The first-order valence-electron chi connectivity index (χ1n) is 4.68. The maximum Gasteiger partial charge on any atom is 0.321 e. The summed E-state index contributed by atoms with van der Waals surface area (Å²) in [5.74, 6) is 1.84. The summed E-state index contributed by atoms with van der Waals surface area (Å²) in [6, 6.07) is 0. The molecule has 1 aliphatic carbocycles. The molecule has 1 rings (SSSR count). The van der Waals surface area contributed by atoms with Gasteiger partial charge in [-0.15, -0.1) is 18.0 Å². The first-order valence-corrected chi connectivity index (χ1v) is 5.21. The highest BCUT2D eigenvalue weighted by Gasteiger charge is 2.27. The van der Waals surface area contributed by atoms with Crippen molar-refractivity contribution in [2.75, 3.05) is 5.88 Å². The molecule has 0 unspecified atom stereocenters. The maximum absolute atomic E-state index is 11.0. The fourth-order valence-corrected chi connectivity index (χ4v) is 1.64. The zero-order valence-corrected chi connectivity index (χ0v) is 9.25. The molecule has 4 heteroatoms. The van der Waals surface area contributed by atoms with Gasteiger partial charge < -0.3 is 9.84 Å². The number of aliphatic hydroxyl groups excluding tert-OH is 1. The lowest BCUT2D eigenvalue weighted by Crippen LogP contribution is -2.30. The van der Waals surface area contributed by atoms with Crippen molar-refractivity contribution >= 4 is 17.6 Å². The van der Waals surface area contributed by atoms with E-state index in [0.717, 1.165) is 5.57 Å². The molecule has 0 aromatic heterocycles. The first kappa shape index (κ1) is 12.1. The van der Waals surface area contributed by atoms with Gasteiger partial charge in [0.1, 0.15) is 12.0 Å². The Hall–Kier alpha value is -0.980. The highest BCUT2D eigenvalue weighted by Crippen LogP contribution is 2.26. The van der Waals surface area contributed by atoms with Crippen LogP contribution in [-0.4, -0.2) is 29.2 Å². The van der Waals surface area contributed by atoms with Crippen molar-refractivity contribution in [3.63, 3.8) is 0 Å². The number of rotatable bonds is 2. The van der Waals surface area contributed by atoms with Crippen molar-refractivity contribution in [1.29, 1.82) is 0 Å². The van der Waals surface area contributed by atoms with E-state index in [2.05, 4.69) is 5.92 Å². The summed E-state index contributed by atoms with van der Waals surface area (Å²) in [5, 5.41) is 9.66. The number of hydrogen-bond donors (Lipinski definition) is 1. The van der Waals surface area contributed by atoms with E-state index in [1.54, 1.807) is 6.92 Å². The molecule has 0 spiro atoms. The Labute approximate surface area is 94.1 Å². The third-order valence-corrected chi connectivity index (χ3v) is 2.69. The van der Waals surface area contributed by atoms with E-state index in [4.69, 9.17) is 22.8 Å². The summed E-state index contributed by atoms with van der Waals surface area (Å²) in [4.78, 5) is 11.0. The minimum Gasteiger partial charge on any atom is -0.461 e. The lowest BCUT2D eigenvalue weighted by atomic mass is 9.89. The van der Waals surface area contributed by atoms with Crippen LogP contribution in [0.15, 0.2) is 11.1 Å². The zero-order valence-electron chi connectivity index (χ0n) is 8.50. The number of alkyl halides is 1. The molecular weight excluding hydrogens is 216 g/mol. The monoisotopic (exact) mass is 228 g/mol. The molecule has 2 atom stereocenters. The van der Waals surface area contributed by atoms with Gasteiger partial charge in [0.2, 0.25) is 0 Å². The van der Waals surface area contributed by atoms with Crippen LogP contribution >= 0.6 is 11.6 Å². The molecule has 3 nitrogen and oxygen atoms in total. The Kier molecular flexibility index (Phi) is 4.19. The van der Waals surface area contributed by atoms with Crippen LogP contribution in [0.5, 0.6) is 0 Å². The van der Waals surface area contributed by atoms with Gasteiger partial charge in [-0.3, -0.25) is 4.79 Å².